The van der Waals surface area contributed by atoms with Crippen LogP contribution in [0.15, 0.2) is 42.5 Å². The highest BCUT2D eigenvalue weighted by Crippen LogP contribution is 2.33. The first-order valence-corrected chi connectivity index (χ1v) is 9.73. The molecule has 2 N–H and O–H groups in total. The van der Waals surface area contributed by atoms with E-state index in [1.165, 1.54) is 17.4 Å². The maximum atomic E-state index is 12.8. The van der Waals surface area contributed by atoms with Gasteiger partial charge in [0, 0.05) is 12.8 Å². The van der Waals surface area contributed by atoms with E-state index in [4.69, 9.17) is 10.00 Å². The monoisotopic (exact) mass is 448 g/mol. The number of nitrogens with zero attached hydrogens (tertiary/aromatic N) is 2. The molecule has 3 rings (SSSR count). The van der Waals surface area contributed by atoms with Gasteiger partial charge in [0.25, 0.3) is 5.91 Å². The van der Waals surface area contributed by atoms with Gasteiger partial charge in [-0.3, -0.25) is 20.4 Å². The highest BCUT2D eigenvalue weighted by molar-refractivity contribution is 7.18. The van der Waals surface area contributed by atoms with Crippen LogP contribution in [0.3, 0.4) is 0 Å². The van der Waals surface area contributed by atoms with Crippen LogP contribution in [-0.2, 0) is 22.2 Å². The molecule has 7 nitrogen and oxygen atoms in total. The zero-order valence-corrected chi connectivity index (χ0v) is 16.6. The third-order valence-corrected chi connectivity index (χ3v) is 5.12. The van der Waals surface area contributed by atoms with Crippen LogP contribution in [0.2, 0.25) is 0 Å². The van der Waals surface area contributed by atoms with Crippen LogP contribution in [0.1, 0.15) is 22.6 Å². The van der Waals surface area contributed by atoms with Crippen molar-refractivity contribution in [3.63, 3.8) is 0 Å². The molecule has 0 atom stereocenters. The number of ether oxygens (including phenoxy) is 1. The SMILES string of the molecule is N#Cc1ccc(OCC(=O)NNC(=O)CCc2nc3cc(C(F)(F)F)ccc3s2)cc1. The number of fused-ring (bicyclic) bond motifs is 1. The summed E-state index contributed by atoms with van der Waals surface area (Å²) in [6.07, 6.45) is -4.24. The predicted molar refractivity (Wildman–Crippen MR) is 106 cm³/mol. The molecule has 11 heteroatoms. The number of halogens is 3. The lowest BCUT2D eigenvalue weighted by Gasteiger charge is -2.08. The molecule has 3 aromatic rings. The number of aromatic nitrogens is 1. The number of thiazole rings is 1. The summed E-state index contributed by atoms with van der Waals surface area (Å²) < 4.78 is 44.2. The molecule has 0 spiro atoms. The van der Waals surface area contributed by atoms with Gasteiger partial charge in [0.05, 0.1) is 32.4 Å². The Balaban J connectivity index is 1.43. The van der Waals surface area contributed by atoms with Gasteiger partial charge in [-0.25, -0.2) is 4.98 Å². The topological polar surface area (TPSA) is 104 Å². The van der Waals surface area contributed by atoms with Crippen molar-refractivity contribution in [1.82, 2.24) is 15.8 Å². The molecule has 0 fully saturated rings. The largest absolute Gasteiger partial charge is 0.484 e. The molecule has 0 unspecified atom stereocenters. The Kier molecular flexibility index (Phi) is 6.71. The zero-order chi connectivity index (χ0) is 22.4. The second kappa shape index (κ2) is 9.44. The highest BCUT2D eigenvalue weighted by atomic mass is 32.1. The minimum atomic E-state index is -4.44. The van der Waals surface area contributed by atoms with Gasteiger partial charge in [-0.1, -0.05) is 0 Å². The Morgan fingerprint density at radius 1 is 1.10 bits per heavy atom. The summed E-state index contributed by atoms with van der Waals surface area (Å²) in [7, 11) is 0. The molecule has 1 heterocycles. The zero-order valence-electron chi connectivity index (χ0n) is 15.8. The number of benzene rings is 2. The number of hydrogen-bond acceptors (Lipinski definition) is 6. The first-order chi connectivity index (χ1) is 14.7. The van der Waals surface area contributed by atoms with Gasteiger partial charge in [0.1, 0.15) is 5.75 Å². The smallest absolute Gasteiger partial charge is 0.416 e. The average molecular weight is 448 g/mol. The maximum absolute atomic E-state index is 12.8. The van der Waals surface area contributed by atoms with Gasteiger partial charge >= 0.3 is 6.18 Å². The Morgan fingerprint density at radius 2 is 1.81 bits per heavy atom. The van der Waals surface area contributed by atoms with Crippen LogP contribution in [-0.4, -0.2) is 23.4 Å². The minimum Gasteiger partial charge on any atom is -0.484 e. The van der Waals surface area contributed by atoms with Gasteiger partial charge in [-0.2, -0.15) is 18.4 Å². The van der Waals surface area contributed by atoms with E-state index in [1.807, 2.05) is 6.07 Å². The van der Waals surface area contributed by atoms with Crippen molar-refractivity contribution in [2.45, 2.75) is 19.0 Å². The molecule has 160 valence electrons. The van der Waals surface area contributed by atoms with Crippen molar-refractivity contribution < 1.29 is 27.5 Å². The third kappa shape index (κ3) is 6.16. The number of carbonyl (C=O) groups excluding carboxylic acids is 2. The van der Waals surface area contributed by atoms with Crippen LogP contribution in [0.5, 0.6) is 5.75 Å². The minimum absolute atomic E-state index is 0.0112. The number of nitriles is 1. The fourth-order valence-corrected chi connectivity index (χ4v) is 3.44. The van der Waals surface area contributed by atoms with E-state index in [0.717, 1.165) is 12.1 Å². The maximum Gasteiger partial charge on any atom is 0.416 e. The van der Waals surface area contributed by atoms with E-state index in [-0.39, 0.29) is 25.0 Å². The number of carbonyl (C=O) groups is 2. The van der Waals surface area contributed by atoms with E-state index in [1.54, 1.807) is 24.3 Å². The van der Waals surface area contributed by atoms with Crippen molar-refractivity contribution in [3.8, 4) is 11.8 Å². The summed E-state index contributed by atoms with van der Waals surface area (Å²) in [5, 5.41) is 9.24. The van der Waals surface area contributed by atoms with Crippen LogP contribution >= 0.6 is 11.3 Å². The van der Waals surface area contributed by atoms with Crippen LogP contribution < -0.4 is 15.6 Å². The molecule has 0 aliphatic carbocycles. The van der Waals surface area contributed by atoms with Gasteiger partial charge in [-0.15, -0.1) is 11.3 Å². The molecular formula is C20H15F3N4O3S. The van der Waals surface area contributed by atoms with Crippen molar-refractivity contribution in [1.29, 1.82) is 5.26 Å². The first kappa shape index (κ1) is 22.0. The molecule has 2 aromatic carbocycles. The molecular weight excluding hydrogens is 433 g/mol. The normalized spacial score (nSPS) is 11.0. The van der Waals surface area contributed by atoms with Crippen molar-refractivity contribution in [2.75, 3.05) is 6.61 Å². The molecule has 0 aliphatic heterocycles. The van der Waals surface area contributed by atoms with Crippen LogP contribution in [0.25, 0.3) is 10.2 Å². The number of hydrogen-bond donors (Lipinski definition) is 2. The standard InChI is InChI=1S/C20H15F3N4O3S/c21-20(22,23)13-3-6-16-15(9-13)25-19(31-16)8-7-17(28)26-27-18(29)11-30-14-4-1-12(10-24)2-5-14/h1-6,9H,7-8,11H2,(H,26,28)(H,27,29). The highest BCUT2D eigenvalue weighted by Gasteiger charge is 2.30. The summed E-state index contributed by atoms with van der Waals surface area (Å²) in [4.78, 5) is 27.8. The summed E-state index contributed by atoms with van der Waals surface area (Å²) in [6, 6.07) is 11.5. The Hall–Kier alpha value is -3.65. The third-order valence-electron chi connectivity index (χ3n) is 4.02. The second-order valence-electron chi connectivity index (χ2n) is 6.31. The quantitative estimate of drug-likeness (QED) is 0.563. The Morgan fingerprint density at radius 3 is 2.48 bits per heavy atom. The van der Waals surface area contributed by atoms with Gasteiger partial charge in [-0.05, 0) is 42.5 Å². The van der Waals surface area contributed by atoms with Gasteiger partial charge in [0.2, 0.25) is 5.91 Å². The van der Waals surface area contributed by atoms with E-state index in [9.17, 15) is 22.8 Å². The van der Waals surface area contributed by atoms with Crippen molar-refractivity contribution in [2.24, 2.45) is 0 Å². The molecule has 0 radical (unpaired) electrons. The first-order valence-electron chi connectivity index (χ1n) is 8.92. The number of rotatable bonds is 6. The Labute approximate surface area is 178 Å². The second-order valence-corrected chi connectivity index (χ2v) is 7.42. The lowest BCUT2D eigenvalue weighted by Crippen LogP contribution is -2.43. The predicted octanol–water partition coefficient (Wildman–Crippen LogP) is 3.35. The fourth-order valence-electron chi connectivity index (χ4n) is 2.49. The van der Waals surface area contributed by atoms with Crippen molar-refractivity contribution in [3.05, 3.63) is 58.6 Å². The number of hydrazine groups is 1. The molecule has 2 amide bonds. The summed E-state index contributed by atoms with van der Waals surface area (Å²) >= 11 is 1.21. The number of alkyl halides is 3. The lowest BCUT2D eigenvalue weighted by molar-refractivity contribution is -0.137. The number of nitrogens with one attached hydrogen (secondary N) is 2. The molecule has 0 saturated heterocycles. The summed E-state index contributed by atoms with van der Waals surface area (Å²) in [5.74, 6) is -0.677. The van der Waals surface area contributed by atoms with Gasteiger partial charge < -0.3 is 4.74 Å². The molecule has 0 bridgehead atoms. The lowest BCUT2D eigenvalue weighted by atomic mass is 10.2. The fraction of sp³-hybridized carbons (Fsp3) is 0.200. The molecule has 1 aromatic heterocycles. The summed E-state index contributed by atoms with van der Waals surface area (Å²) in [5.41, 5.74) is 4.35. The average Bonchev–Trinajstić information content (AvgIpc) is 3.16. The van der Waals surface area contributed by atoms with Crippen LogP contribution in [0.4, 0.5) is 13.2 Å². The van der Waals surface area contributed by atoms with E-state index < -0.39 is 23.6 Å². The van der Waals surface area contributed by atoms with E-state index >= 15 is 0 Å². The molecule has 31 heavy (non-hydrogen) atoms. The molecule has 0 aliphatic rings. The van der Waals surface area contributed by atoms with Crippen molar-refractivity contribution >= 4 is 33.4 Å². The Bertz CT molecular complexity index is 1140. The molecule has 0 saturated carbocycles. The summed E-state index contributed by atoms with van der Waals surface area (Å²) in [6.45, 7) is -0.342. The van der Waals surface area contributed by atoms with E-state index in [0.29, 0.717) is 21.0 Å². The van der Waals surface area contributed by atoms with Gasteiger partial charge in [0.15, 0.2) is 6.61 Å². The van der Waals surface area contributed by atoms with E-state index in [2.05, 4.69) is 15.8 Å². The number of amides is 2. The van der Waals surface area contributed by atoms with Crippen LogP contribution in [0, 0.1) is 11.3 Å². The number of aryl methyl sites for hydroxylation is 1.